The Kier molecular flexibility index (Phi) is 4.12. The summed E-state index contributed by atoms with van der Waals surface area (Å²) in [7, 11) is 1.69. The average Bonchev–Trinajstić information content (AvgIpc) is 3.10. The van der Waals surface area contributed by atoms with Crippen molar-refractivity contribution in [1.29, 1.82) is 0 Å². The molecule has 1 aliphatic carbocycles. The van der Waals surface area contributed by atoms with Crippen LogP contribution in [0.3, 0.4) is 0 Å². The van der Waals surface area contributed by atoms with E-state index in [0.29, 0.717) is 40.5 Å². The van der Waals surface area contributed by atoms with Gasteiger partial charge < -0.3 is 10.0 Å². The molecule has 1 heterocycles. The Morgan fingerprint density at radius 1 is 0.933 bits per heavy atom. The predicted molar refractivity (Wildman–Crippen MR) is 117 cm³/mol. The first-order chi connectivity index (χ1) is 14.4. The molecule has 3 aromatic rings. The van der Waals surface area contributed by atoms with E-state index in [1.165, 1.54) is 6.07 Å². The second-order valence-corrected chi connectivity index (χ2v) is 8.16. The van der Waals surface area contributed by atoms with Crippen LogP contribution in [0.2, 0.25) is 5.02 Å². The smallest absolute Gasteiger partial charge is 0.251 e. The Hall–Kier alpha value is -3.31. The number of phenolic OH excluding ortho intramolecular Hbond substituents is 1. The summed E-state index contributed by atoms with van der Waals surface area (Å²) in [5.41, 5.74) is 1.97. The minimum absolute atomic E-state index is 0.127. The second-order valence-electron chi connectivity index (χ2n) is 7.72. The van der Waals surface area contributed by atoms with Gasteiger partial charge in [-0.3, -0.25) is 14.5 Å². The zero-order valence-corrected chi connectivity index (χ0v) is 17.1. The molecule has 1 spiro atoms. The first kappa shape index (κ1) is 18.7. The first-order valence-corrected chi connectivity index (χ1v) is 10.1. The summed E-state index contributed by atoms with van der Waals surface area (Å²) in [6.45, 7) is 0. The van der Waals surface area contributed by atoms with Crippen LogP contribution in [0.5, 0.6) is 5.75 Å². The van der Waals surface area contributed by atoms with Crippen LogP contribution in [0, 0.1) is 0 Å². The van der Waals surface area contributed by atoms with E-state index in [2.05, 4.69) is 0 Å². The number of aromatic hydroxyl groups is 1. The molecule has 2 aliphatic rings. The third-order valence-corrected chi connectivity index (χ3v) is 6.35. The molecule has 0 aromatic heterocycles. The molecule has 0 bridgehead atoms. The molecule has 0 saturated carbocycles. The van der Waals surface area contributed by atoms with Gasteiger partial charge in [-0.1, -0.05) is 35.9 Å². The number of aryl methyl sites for hydroxylation is 1. The van der Waals surface area contributed by atoms with Gasteiger partial charge in [-0.15, -0.1) is 0 Å². The topological polar surface area (TPSA) is 60.9 Å². The van der Waals surface area contributed by atoms with Gasteiger partial charge in [-0.2, -0.15) is 0 Å². The largest absolute Gasteiger partial charge is 0.508 e. The minimum atomic E-state index is -1.36. The average molecular weight is 419 g/mol. The zero-order chi connectivity index (χ0) is 21.0. The molecule has 1 aliphatic heterocycles. The fourth-order valence-electron chi connectivity index (χ4n) is 4.68. The quantitative estimate of drug-likeness (QED) is 0.589. The monoisotopic (exact) mass is 418 g/mol. The molecule has 0 radical (unpaired) electrons. The molecule has 5 nitrogen and oxygen atoms in total. The van der Waals surface area contributed by atoms with Gasteiger partial charge in [0.25, 0.3) is 5.91 Å². The summed E-state index contributed by atoms with van der Waals surface area (Å²) in [6.07, 6.45) is 0.883. The van der Waals surface area contributed by atoms with Gasteiger partial charge in [0.15, 0.2) is 5.41 Å². The van der Waals surface area contributed by atoms with Crippen LogP contribution in [0.25, 0.3) is 0 Å². The molecule has 1 unspecified atom stereocenters. The lowest BCUT2D eigenvalue weighted by atomic mass is 9.79. The van der Waals surface area contributed by atoms with Gasteiger partial charge in [0, 0.05) is 17.8 Å². The van der Waals surface area contributed by atoms with Gasteiger partial charge in [0.2, 0.25) is 5.91 Å². The number of nitrogens with zero attached hydrogens (tertiary/aromatic N) is 2. The van der Waals surface area contributed by atoms with E-state index in [1.54, 1.807) is 47.2 Å². The van der Waals surface area contributed by atoms with E-state index < -0.39 is 5.41 Å². The number of carbonyl (C=O) groups excluding carboxylic acids is 2. The number of hydrogen-bond donors (Lipinski definition) is 1. The van der Waals surface area contributed by atoms with E-state index in [0.717, 1.165) is 5.56 Å². The standard InChI is InChI=1S/C24H19ClN2O3/c1-26-20-10-7-16(25)14-21(20)27(17-5-3-2-4-6-17)23(30)24(22(26)29)12-11-15-13-18(28)8-9-19(15)24/h2-10,13-14,28H,11-12H2,1H3. The highest BCUT2D eigenvalue weighted by molar-refractivity contribution is 6.32. The maximum atomic E-state index is 14.2. The number of rotatable bonds is 1. The summed E-state index contributed by atoms with van der Waals surface area (Å²) < 4.78 is 0. The van der Waals surface area contributed by atoms with Gasteiger partial charge in [0.1, 0.15) is 5.75 Å². The van der Waals surface area contributed by atoms with Gasteiger partial charge in [-0.05, 0) is 66.4 Å². The molecule has 2 amide bonds. The Balaban J connectivity index is 1.82. The summed E-state index contributed by atoms with van der Waals surface area (Å²) in [6, 6.07) is 19.4. The Morgan fingerprint density at radius 2 is 1.70 bits per heavy atom. The number of amides is 2. The number of fused-ring (bicyclic) bond motifs is 3. The Labute approximate surface area is 179 Å². The molecular formula is C24H19ClN2O3. The Bertz CT molecular complexity index is 1190. The summed E-state index contributed by atoms with van der Waals surface area (Å²) in [4.78, 5) is 31.2. The lowest BCUT2D eigenvalue weighted by molar-refractivity contribution is -0.133. The van der Waals surface area contributed by atoms with Crippen molar-refractivity contribution in [2.24, 2.45) is 0 Å². The van der Waals surface area contributed by atoms with Crippen molar-refractivity contribution in [3.05, 3.63) is 82.9 Å². The minimum Gasteiger partial charge on any atom is -0.508 e. The highest BCUT2D eigenvalue weighted by atomic mass is 35.5. The third-order valence-electron chi connectivity index (χ3n) is 6.11. The lowest BCUT2D eigenvalue weighted by Gasteiger charge is -2.32. The maximum absolute atomic E-state index is 14.2. The van der Waals surface area contributed by atoms with Crippen LogP contribution in [0.1, 0.15) is 17.5 Å². The highest BCUT2D eigenvalue weighted by Crippen LogP contribution is 2.49. The highest BCUT2D eigenvalue weighted by Gasteiger charge is 2.57. The van der Waals surface area contributed by atoms with Crippen molar-refractivity contribution in [3.8, 4) is 5.75 Å². The van der Waals surface area contributed by atoms with Crippen molar-refractivity contribution in [1.82, 2.24) is 0 Å². The van der Waals surface area contributed by atoms with Crippen LogP contribution < -0.4 is 9.80 Å². The fraction of sp³-hybridized carbons (Fsp3) is 0.167. The van der Waals surface area contributed by atoms with Crippen LogP contribution in [-0.2, 0) is 21.4 Å². The summed E-state index contributed by atoms with van der Waals surface area (Å²) in [5.74, 6) is -0.461. The van der Waals surface area contributed by atoms with Crippen molar-refractivity contribution >= 4 is 40.5 Å². The third kappa shape index (κ3) is 2.48. The molecule has 150 valence electrons. The molecule has 0 fully saturated rings. The number of halogens is 1. The number of hydrogen-bond acceptors (Lipinski definition) is 3. The zero-order valence-electron chi connectivity index (χ0n) is 16.3. The number of likely N-dealkylation sites (N-methyl/N-ethyl adjacent to an activating group) is 1. The number of para-hydroxylation sites is 1. The van der Waals surface area contributed by atoms with E-state index in [4.69, 9.17) is 11.6 Å². The van der Waals surface area contributed by atoms with Gasteiger partial charge in [0.05, 0.1) is 11.4 Å². The molecule has 6 heteroatoms. The first-order valence-electron chi connectivity index (χ1n) is 9.73. The molecule has 3 aromatic carbocycles. The molecular weight excluding hydrogens is 400 g/mol. The summed E-state index contributed by atoms with van der Waals surface area (Å²) in [5, 5.41) is 10.4. The number of carbonyl (C=O) groups is 2. The molecule has 1 atom stereocenters. The Morgan fingerprint density at radius 3 is 2.47 bits per heavy atom. The lowest BCUT2D eigenvalue weighted by Crippen LogP contribution is -2.52. The predicted octanol–water partition coefficient (Wildman–Crippen LogP) is 4.57. The number of anilines is 3. The second kappa shape index (κ2) is 6.61. The van der Waals surface area contributed by atoms with Gasteiger partial charge in [-0.25, -0.2) is 0 Å². The number of phenols is 1. The molecule has 5 rings (SSSR count). The van der Waals surface area contributed by atoms with Crippen molar-refractivity contribution < 1.29 is 14.7 Å². The van der Waals surface area contributed by atoms with Crippen LogP contribution in [-0.4, -0.2) is 24.0 Å². The van der Waals surface area contributed by atoms with Crippen LogP contribution in [0.15, 0.2) is 66.7 Å². The van der Waals surface area contributed by atoms with E-state index >= 15 is 0 Å². The SMILES string of the molecule is CN1C(=O)C2(CCc3cc(O)ccc32)C(=O)N(c2ccccc2)c2cc(Cl)ccc21. The van der Waals surface area contributed by atoms with E-state index in [9.17, 15) is 14.7 Å². The normalized spacial score (nSPS) is 20.3. The van der Waals surface area contributed by atoms with Crippen LogP contribution >= 0.6 is 11.6 Å². The maximum Gasteiger partial charge on any atom is 0.251 e. The van der Waals surface area contributed by atoms with E-state index in [1.807, 2.05) is 30.3 Å². The van der Waals surface area contributed by atoms with Crippen molar-refractivity contribution in [3.63, 3.8) is 0 Å². The number of benzene rings is 3. The molecule has 1 N–H and O–H groups in total. The van der Waals surface area contributed by atoms with Crippen molar-refractivity contribution in [2.75, 3.05) is 16.8 Å². The van der Waals surface area contributed by atoms with E-state index in [-0.39, 0.29) is 17.6 Å². The van der Waals surface area contributed by atoms with Crippen LogP contribution in [0.4, 0.5) is 17.1 Å². The molecule has 30 heavy (non-hydrogen) atoms. The fourth-order valence-corrected chi connectivity index (χ4v) is 4.85. The van der Waals surface area contributed by atoms with Gasteiger partial charge >= 0.3 is 0 Å². The summed E-state index contributed by atoms with van der Waals surface area (Å²) >= 11 is 6.29. The molecule has 0 saturated heterocycles. The van der Waals surface area contributed by atoms with Crippen molar-refractivity contribution in [2.45, 2.75) is 18.3 Å².